The number of amides is 1. The number of hydrogen-bond acceptors (Lipinski definition) is 2. The Bertz CT molecular complexity index is 192. The van der Waals surface area contributed by atoms with Crippen LogP contribution in [0.25, 0.3) is 0 Å². The first kappa shape index (κ1) is 10.5. The first-order valence-corrected chi connectivity index (χ1v) is 4.79. The summed E-state index contributed by atoms with van der Waals surface area (Å²) in [7, 11) is 0. The van der Waals surface area contributed by atoms with E-state index in [1.807, 2.05) is 6.92 Å². The van der Waals surface area contributed by atoms with Gasteiger partial charge in [-0.1, -0.05) is 27.7 Å². The molecule has 1 N–H and O–H groups in total. The molecular formula is C10H19NO2. The minimum absolute atomic E-state index is 0.0364. The van der Waals surface area contributed by atoms with Gasteiger partial charge in [-0.05, 0) is 5.41 Å². The standard InChI is InChI=1S/C10H19NO2/c1-7(10(2,3)4)9(12)11-8-5-13-6-8/h7-8H,5-6H2,1-4H3,(H,11,12). The third-order valence-corrected chi connectivity index (χ3v) is 2.68. The normalized spacial score (nSPS) is 20.6. The second-order valence-corrected chi connectivity index (χ2v) is 4.83. The van der Waals surface area contributed by atoms with Crippen molar-refractivity contribution in [2.24, 2.45) is 11.3 Å². The second kappa shape index (κ2) is 3.66. The van der Waals surface area contributed by atoms with E-state index in [1.165, 1.54) is 0 Å². The van der Waals surface area contributed by atoms with Gasteiger partial charge >= 0.3 is 0 Å². The van der Waals surface area contributed by atoms with E-state index in [9.17, 15) is 4.79 Å². The smallest absolute Gasteiger partial charge is 0.223 e. The highest BCUT2D eigenvalue weighted by molar-refractivity contribution is 5.79. The van der Waals surface area contributed by atoms with Crippen LogP contribution >= 0.6 is 0 Å². The number of hydrogen-bond donors (Lipinski definition) is 1. The molecule has 0 bridgehead atoms. The molecule has 13 heavy (non-hydrogen) atoms. The van der Waals surface area contributed by atoms with Crippen molar-refractivity contribution in [1.82, 2.24) is 5.32 Å². The van der Waals surface area contributed by atoms with Crippen molar-refractivity contribution in [2.75, 3.05) is 13.2 Å². The maximum Gasteiger partial charge on any atom is 0.223 e. The molecule has 1 amide bonds. The summed E-state index contributed by atoms with van der Waals surface area (Å²) in [6.07, 6.45) is 0. The van der Waals surface area contributed by atoms with Gasteiger partial charge in [0.2, 0.25) is 5.91 Å². The number of ether oxygens (including phenoxy) is 1. The molecule has 0 spiro atoms. The molecule has 3 heteroatoms. The van der Waals surface area contributed by atoms with Crippen LogP contribution in [0.15, 0.2) is 0 Å². The topological polar surface area (TPSA) is 38.3 Å². The van der Waals surface area contributed by atoms with E-state index in [2.05, 4.69) is 26.1 Å². The summed E-state index contributed by atoms with van der Waals surface area (Å²) in [6, 6.07) is 0.247. The van der Waals surface area contributed by atoms with E-state index in [1.54, 1.807) is 0 Å². The lowest BCUT2D eigenvalue weighted by Gasteiger charge is -2.31. The Morgan fingerprint density at radius 2 is 2.00 bits per heavy atom. The van der Waals surface area contributed by atoms with Crippen LogP contribution < -0.4 is 5.32 Å². The molecule has 1 rings (SSSR count). The molecule has 1 aliphatic heterocycles. The SMILES string of the molecule is CC(C(=O)NC1COC1)C(C)(C)C. The van der Waals surface area contributed by atoms with Crippen LogP contribution in [0.5, 0.6) is 0 Å². The molecule has 1 saturated heterocycles. The fourth-order valence-electron chi connectivity index (χ4n) is 1.04. The average molecular weight is 185 g/mol. The van der Waals surface area contributed by atoms with Crippen LogP contribution in [0.4, 0.5) is 0 Å². The lowest BCUT2D eigenvalue weighted by Crippen LogP contribution is -2.51. The van der Waals surface area contributed by atoms with E-state index in [0.29, 0.717) is 13.2 Å². The fraction of sp³-hybridized carbons (Fsp3) is 0.900. The highest BCUT2D eigenvalue weighted by Gasteiger charge is 2.29. The van der Waals surface area contributed by atoms with E-state index in [0.717, 1.165) is 0 Å². The number of carbonyl (C=O) groups excluding carboxylic acids is 1. The molecule has 0 aliphatic carbocycles. The van der Waals surface area contributed by atoms with E-state index >= 15 is 0 Å². The minimum atomic E-state index is 0.0364. The quantitative estimate of drug-likeness (QED) is 0.701. The van der Waals surface area contributed by atoms with Gasteiger partial charge in [0, 0.05) is 5.92 Å². The highest BCUT2D eigenvalue weighted by Crippen LogP contribution is 2.25. The zero-order chi connectivity index (χ0) is 10.1. The Kier molecular flexibility index (Phi) is 2.96. The van der Waals surface area contributed by atoms with Gasteiger partial charge in [-0.25, -0.2) is 0 Å². The van der Waals surface area contributed by atoms with Crippen molar-refractivity contribution in [1.29, 1.82) is 0 Å². The molecule has 1 heterocycles. The summed E-state index contributed by atoms with van der Waals surface area (Å²) >= 11 is 0. The van der Waals surface area contributed by atoms with Crippen molar-refractivity contribution < 1.29 is 9.53 Å². The average Bonchev–Trinajstić information content (AvgIpc) is 1.93. The molecule has 0 aromatic rings. The Balaban J connectivity index is 2.37. The predicted octanol–water partition coefficient (Wildman–Crippen LogP) is 1.18. The largest absolute Gasteiger partial charge is 0.377 e. The van der Waals surface area contributed by atoms with Gasteiger partial charge in [-0.2, -0.15) is 0 Å². The molecule has 0 aromatic carbocycles. The van der Waals surface area contributed by atoms with Gasteiger partial charge in [0.05, 0.1) is 19.3 Å². The van der Waals surface area contributed by atoms with Gasteiger partial charge in [0.1, 0.15) is 0 Å². The monoisotopic (exact) mass is 185 g/mol. The molecule has 1 aliphatic rings. The Labute approximate surface area is 79.8 Å². The van der Waals surface area contributed by atoms with E-state index in [4.69, 9.17) is 4.74 Å². The van der Waals surface area contributed by atoms with Gasteiger partial charge in [-0.15, -0.1) is 0 Å². The van der Waals surface area contributed by atoms with Crippen LogP contribution in [0.3, 0.4) is 0 Å². The molecule has 3 nitrogen and oxygen atoms in total. The van der Waals surface area contributed by atoms with Gasteiger partial charge in [0.15, 0.2) is 0 Å². The van der Waals surface area contributed by atoms with Crippen molar-refractivity contribution in [2.45, 2.75) is 33.7 Å². The van der Waals surface area contributed by atoms with Crippen LogP contribution in [0.2, 0.25) is 0 Å². The van der Waals surface area contributed by atoms with Crippen LogP contribution in [0, 0.1) is 11.3 Å². The van der Waals surface area contributed by atoms with Gasteiger partial charge in [-0.3, -0.25) is 4.79 Å². The molecule has 0 aromatic heterocycles. The van der Waals surface area contributed by atoms with Crippen molar-refractivity contribution in [3.63, 3.8) is 0 Å². The maximum absolute atomic E-state index is 11.6. The molecule has 1 atom stereocenters. The van der Waals surface area contributed by atoms with Crippen LogP contribution in [0.1, 0.15) is 27.7 Å². The third-order valence-electron chi connectivity index (χ3n) is 2.68. The Morgan fingerprint density at radius 3 is 2.31 bits per heavy atom. The molecule has 1 unspecified atom stereocenters. The van der Waals surface area contributed by atoms with Crippen LogP contribution in [-0.2, 0) is 9.53 Å². The number of carbonyl (C=O) groups is 1. The predicted molar refractivity (Wildman–Crippen MR) is 51.4 cm³/mol. The van der Waals surface area contributed by atoms with E-state index in [-0.39, 0.29) is 23.3 Å². The van der Waals surface area contributed by atoms with Gasteiger partial charge < -0.3 is 10.1 Å². The molecule has 76 valence electrons. The Hall–Kier alpha value is -0.570. The molecule has 1 fully saturated rings. The minimum Gasteiger partial charge on any atom is -0.377 e. The van der Waals surface area contributed by atoms with E-state index < -0.39 is 0 Å². The summed E-state index contributed by atoms with van der Waals surface area (Å²) in [4.78, 5) is 11.6. The zero-order valence-electron chi connectivity index (χ0n) is 8.89. The molecule has 0 radical (unpaired) electrons. The number of rotatable bonds is 2. The first-order valence-electron chi connectivity index (χ1n) is 4.79. The molecule has 0 saturated carbocycles. The molecular weight excluding hydrogens is 166 g/mol. The Morgan fingerprint density at radius 1 is 1.46 bits per heavy atom. The first-order chi connectivity index (χ1) is 5.91. The van der Waals surface area contributed by atoms with Crippen molar-refractivity contribution in [3.05, 3.63) is 0 Å². The summed E-state index contributed by atoms with van der Waals surface area (Å²) in [6.45, 7) is 9.54. The maximum atomic E-state index is 11.6. The third kappa shape index (κ3) is 2.69. The fourth-order valence-corrected chi connectivity index (χ4v) is 1.04. The highest BCUT2D eigenvalue weighted by atomic mass is 16.5. The number of nitrogens with one attached hydrogen (secondary N) is 1. The van der Waals surface area contributed by atoms with Gasteiger partial charge in [0.25, 0.3) is 0 Å². The summed E-state index contributed by atoms with van der Waals surface area (Å²) in [5.74, 6) is 0.189. The van der Waals surface area contributed by atoms with Crippen molar-refractivity contribution >= 4 is 5.91 Å². The van der Waals surface area contributed by atoms with Crippen molar-refractivity contribution in [3.8, 4) is 0 Å². The summed E-state index contributed by atoms with van der Waals surface area (Å²) in [5, 5.41) is 2.96. The van der Waals surface area contributed by atoms with Crippen LogP contribution in [-0.4, -0.2) is 25.2 Å². The lowest BCUT2D eigenvalue weighted by molar-refractivity contribution is -0.131. The summed E-state index contributed by atoms with van der Waals surface area (Å²) < 4.78 is 4.99. The lowest BCUT2D eigenvalue weighted by atomic mass is 9.81. The second-order valence-electron chi connectivity index (χ2n) is 4.83. The zero-order valence-corrected chi connectivity index (χ0v) is 8.89. The summed E-state index contributed by atoms with van der Waals surface area (Å²) in [5.41, 5.74) is 0.0364.